The van der Waals surface area contributed by atoms with E-state index in [4.69, 9.17) is 17.3 Å². The standard InChI is InChI=1S/C15H23ClN2/c1-10-8-13(17)12(16)9-14(10)18-11-4-6-15(2,3)7-5-11/h8-9,11,18H,4-7,17H2,1-3H3. The lowest BCUT2D eigenvalue weighted by Crippen LogP contribution is -2.30. The summed E-state index contributed by atoms with van der Waals surface area (Å²) in [7, 11) is 0. The minimum absolute atomic E-state index is 0.506. The number of aryl methyl sites for hydroxylation is 1. The van der Waals surface area contributed by atoms with Gasteiger partial charge in [-0.2, -0.15) is 0 Å². The molecule has 0 heterocycles. The Labute approximate surface area is 115 Å². The van der Waals surface area contributed by atoms with Crippen LogP contribution >= 0.6 is 11.6 Å². The van der Waals surface area contributed by atoms with Gasteiger partial charge < -0.3 is 11.1 Å². The molecule has 0 unspecified atom stereocenters. The summed E-state index contributed by atoms with van der Waals surface area (Å²) in [6.45, 7) is 6.78. The maximum atomic E-state index is 6.08. The Morgan fingerprint density at radius 1 is 1.28 bits per heavy atom. The van der Waals surface area contributed by atoms with Gasteiger partial charge in [-0.1, -0.05) is 25.4 Å². The van der Waals surface area contributed by atoms with Crippen molar-refractivity contribution in [3.05, 3.63) is 22.7 Å². The van der Waals surface area contributed by atoms with Gasteiger partial charge in [0.25, 0.3) is 0 Å². The van der Waals surface area contributed by atoms with Gasteiger partial charge in [-0.3, -0.25) is 0 Å². The van der Waals surface area contributed by atoms with Crippen LogP contribution in [0.15, 0.2) is 12.1 Å². The summed E-state index contributed by atoms with van der Waals surface area (Å²) in [4.78, 5) is 0. The van der Waals surface area contributed by atoms with Gasteiger partial charge in [-0.25, -0.2) is 0 Å². The van der Waals surface area contributed by atoms with Crippen LogP contribution in [-0.4, -0.2) is 6.04 Å². The molecule has 0 saturated heterocycles. The third kappa shape index (κ3) is 3.11. The fraction of sp³-hybridized carbons (Fsp3) is 0.600. The van der Waals surface area contributed by atoms with Gasteiger partial charge in [0.15, 0.2) is 0 Å². The Balaban J connectivity index is 2.04. The van der Waals surface area contributed by atoms with E-state index in [-0.39, 0.29) is 0 Å². The maximum absolute atomic E-state index is 6.08. The molecule has 0 spiro atoms. The fourth-order valence-electron chi connectivity index (χ4n) is 2.62. The third-order valence-corrected chi connectivity index (χ3v) is 4.37. The van der Waals surface area contributed by atoms with Crippen LogP contribution in [0.4, 0.5) is 11.4 Å². The maximum Gasteiger partial charge on any atom is 0.0656 e. The fourth-order valence-corrected chi connectivity index (χ4v) is 2.79. The molecule has 2 rings (SSSR count). The molecule has 3 N–H and O–H groups in total. The van der Waals surface area contributed by atoms with Crippen molar-refractivity contribution in [2.75, 3.05) is 11.1 Å². The predicted molar refractivity (Wildman–Crippen MR) is 80.3 cm³/mol. The molecule has 1 aliphatic carbocycles. The topological polar surface area (TPSA) is 38.0 Å². The van der Waals surface area contributed by atoms with Crippen LogP contribution in [0.3, 0.4) is 0 Å². The van der Waals surface area contributed by atoms with E-state index in [9.17, 15) is 0 Å². The molecule has 1 aromatic rings. The zero-order valence-corrected chi connectivity index (χ0v) is 12.3. The SMILES string of the molecule is Cc1cc(N)c(Cl)cc1NC1CCC(C)(C)CC1. The van der Waals surface area contributed by atoms with Crippen LogP contribution < -0.4 is 11.1 Å². The average Bonchev–Trinajstić information content (AvgIpc) is 2.28. The van der Waals surface area contributed by atoms with Gasteiger partial charge in [0.2, 0.25) is 0 Å². The second kappa shape index (κ2) is 5.00. The molecular weight excluding hydrogens is 244 g/mol. The number of benzene rings is 1. The molecule has 0 aliphatic heterocycles. The summed E-state index contributed by atoms with van der Waals surface area (Å²) in [6, 6.07) is 4.46. The summed E-state index contributed by atoms with van der Waals surface area (Å²) in [6.07, 6.45) is 5.03. The molecular formula is C15H23ClN2. The minimum atomic E-state index is 0.506. The van der Waals surface area contributed by atoms with Gasteiger partial charge in [0.05, 0.1) is 10.7 Å². The first-order chi connectivity index (χ1) is 8.37. The van der Waals surface area contributed by atoms with E-state index >= 15 is 0 Å². The Bertz CT molecular complexity index is 430. The quantitative estimate of drug-likeness (QED) is 0.767. The Kier molecular flexibility index (Phi) is 3.76. The molecule has 2 nitrogen and oxygen atoms in total. The first kappa shape index (κ1) is 13.5. The lowest BCUT2D eigenvalue weighted by Gasteiger charge is -2.35. The van der Waals surface area contributed by atoms with E-state index in [0.717, 1.165) is 5.69 Å². The van der Waals surface area contributed by atoms with E-state index in [1.54, 1.807) is 0 Å². The molecule has 0 amide bonds. The van der Waals surface area contributed by atoms with Gasteiger partial charge in [0, 0.05) is 11.7 Å². The van der Waals surface area contributed by atoms with Gasteiger partial charge in [-0.05, 0) is 55.7 Å². The number of hydrogen-bond acceptors (Lipinski definition) is 2. The van der Waals surface area contributed by atoms with Crippen molar-refractivity contribution in [2.45, 2.75) is 52.5 Å². The molecule has 0 atom stereocenters. The normalized spacial score (nSPS) is 19.8. The average molecular weight is 267 g/mol. The van der Waals surface area contributed by atoms with E-state index in [2.05, 4.69) is 26.1 Å². The van der Waals surface area contributed by atoms with Crippen LogP contribution in [0.1, 0.15) is 45.1 Å². The smallest absolute Gasteiger partial charge is 0.0656 e. The molecule has 100 valence electrons. The molecule has 1 aliphatic rings. The van der Waals surface area contributed by atoms with Crippen molar-refractivity contribution >= 4 is 23.0 Å². The first-order valence-corrected chi connectivity index (χ1v) is 7.07. The molecule has 0 radical (unpaired) electrons. The van der Waals surface area contributed by atoms with Gasteiger partial charge >= 0.3 is 0 Å². The monoisotopic (exact) mass is 266 g/mol. The van der Waals surface area contributed by atoms with Crippen molar-refractivity contribution in [3.63, 3.8) is 0 Å². The minimum Gasteiger partial charge on any atom is -0.398 e. The number of hydrogen-bond donors (Lipinski definition) is 2. The molecule has 1 aromatic carbocycles. The summed E-state index contributed by atoms with van der Waals surface area (Å²) in [5.74, 6) is 0. The zero-order chi connectivity index (χ0) is 13.3. The highest BCUT2D eigenvalue weighted by Gasteiger charge is 2.26. The Morgan fingerprint density at radius 3 is 2.50 bits per heavy atom. The van der Waals surface area contributed by atoms with Crippen molar-refractivity contribution in [1.82, 2.24) is 0 Å². The second-order valence-corrected chi connectivity index (χ2v) is 6.68. The molecule has 0 bridgehead atoms. The highest BCUT2D eigenvalue weighted by atomic mass is 35.5. The number of nitrogens with two attached hydrogens (primary N) is 1. The number of nitrogens with one attached hydrogen (secondary N) is 1. The van der Waals surface area contributed by atoms with Crippen molar-refractivity contribution < 1.29 is 0 Å². The number of nitrogen functional groups attached to an aromatic ring is 1. The largest absolute Gasteiger partial charge is 0.398 e. The van der Waals surface area contributed by atoms with Crippen LogP contribution in [-0.2, 0) is 0 Å². The van der Waals surface area contributed by atoms with E-state index < -0.39 is 0 Å². The second-order valence-electron chi connectivity index (χ2n) is 6.27. The van der Waals surface area contributed by atoms with E-state index in [0.29, 0.717) is 22.2 Å². The number of halogens is 1. The summed E-state index contributed by atoms with van der Waals surface area (Å²) in [5, 5.41) is 4.25. The van der Waals surface area contributed by atoms with Crippen LogP contribution in [0.2, 0.25) is 5.02 Å². The van der Waals surface area contributed by atoms with Crippen molar-refractivity contribution in [1.29, 1.82) is 0 Å². The van der Waals surface area contributed by atoms with E-state index in [1.165, 1.54) is 31.2 Å². The highest BCUT2D eigenvalue weighted by Crippen LogP contribution is 2.37. The molecule has 3 heteroatoms. The number of rotatable bonds is 2. The van der Waals surface area contributed by atoms with Crippen LogP contribution in [0, 0.1) is 12.3 Å². The summed E-state index contributed by atoms with van der Waals surface area (Å²) >= 11 is 6.08. The van der Waals surface area contributed by atoms with Crippen LogP contribution in [0.25, 0.3) is 0 Å². The highest BCUT2D eigenvalue weighted by molar-refractivity contribution is 6.33. The molecule has 0 aromatic heterocycles. The predicted octanol–water partition coefficient (Wildman–Crippen LogP) is 4.61. The lowest BCUT2D eigenvalue weighted by atomic mass is 9.75. The lowest BCUT2D eigenvalue weighted by molar-refractivity contribution is 0.232. The van der Waals surface area contributed by atoms with E-state index in [1.807, 2.05) is 12.1 Å². The van der Waals surface area contributed by atoms with Crippen molar-refractivity contribution in [2.24, 2.45) is 5.41 Å². The molecule has 1 fully saturated rings. The summed E-state index contributed by atoms with van der Waals surface area (Å²) < 4.78 is 0. The van der Waals surface area contributed by atoms with Gasteiger partial charge in [0.1, 0.15) is 0 Å². The van der Waals surface area contributed by atoms with Crippen LogP contribution in [0.5, 0.6) is 0 Å². The zero-order valence-electron chi connectivity index (χ0n) is 11.5. The third-order valence-electron chi connectivity index (χ3n) is 4.04. The van der Waals surface area contributed by atoms with Crippen molar-refractivity contribution in [3.8, 4) is 0 Å². The first-order valence-electron chi connectivity index (χ1n) is 6.69. The Morgan fingerprint density at radius 2 is 1.89 bits per heavy atom. The molecule has 1 saturated carbocycles. The Hall–Kier alpha value is -0.890. The van der Waals surface area contributed by atoms with Gasteiger partial charge in [-0.15, -0.1) is 0 Å². The number of anilines is 2. The molecule has 18 heavy (non-hydrogen) atoms. The summed E-state index contributed by atoms with van der Waals surface area (Å²) in [5.41, 5.74) is 9.25.